The third-order valence-electron chi connectivity index (χ3n) is 12.3. The minimum Gasteiger partial charge on any atom is -0.412 e. The number of nitrogens with one attached hydrogen (secondary N) is 2. The molecular formula is C48H58N8O12S3. The van der Waals surface area contributed by atoms with Gasteiger partial charge >= 0.3 is 10.4 Å². The van der Waals surface area contributed by atoms with E-state index in [1.807, 2.05) is 34.1 Å². The van der Waals surface area contributed by atoms with Gasteiger partial charge in [0.2, 0.25) is 0 Å². The monoisotopic (exact) mass is 1030 g/mol. The molecule has 380 valence electrons. The second-order valence-electron chi connectivity index (χ2n) is 17.5. The molecule has 0 radical (unpaired) electrons. The van der Waals surface area contributed by atoms with Crippen LogP contribution < -0.4 is 9.44 Å². The Morgan fingerprint density at radius 1 is 0.493 bits per heavy atom. The number of carbonyl (C=O) groups excluding carboxylic acids is 2. The van der Waals surface area contributed by atoms with Gasteiger partial charge < -0.3 is 20.8 Å². The smallest absolute Gasteiger partial charge is 0.394 e. The van der Waals surface area contributed by atoms with Crippen LogP contribution in [0, 0.1) is 11.8 Å². The van der Waals surface area contributed by atoms with Crippen molar-refractivity contribution >= 4 is 75.4 Å². The predicted octanol–water partition coefficient (Wildman–Crippen LogP) is 4.10. The quantitative estimate of drug-likeness (QED) is 0.126. The van der Waals surface area contributed by atoms with E-state index >= 15 is 0 Å². The minimum atomic E-state index is -4.67. The second kappa shape index (κ2) is 23.4. The molecule has 4 aliphatic rings. The van der Waals surface area contributed by atoms with Crippen LogP contribution in [0.2, 0.25) is 0 Å². The van der Waals surface area contributed by atoms with Gasteiger partial charge in [0.1, 0.15) is 9.79 Å². The second-order valence-corrected chi connectivity index (χ2v) is 21.7. The van der Waals surface area contributed by atoms with Crippen LogP contribution >= 0.6 is 0 Å². The number of nitrogens with zero attached hydrogens (tertiary/aromatic N) is 6. The molecule has 4 heterocycles. The van der Waals surface area contributed by atoms with Crippen molar-refractivity contribution in [1.82, 2.24) is 29.6 Å². The van der Waals surface area contributed by atoms with Crippen LogP contribution in [0.3, 0.4) is 0 Å². The Bertz CT molecular complexity index is 2910. The summed E-state index contributed by atoms with van der Waals surface area (Å²) in [7, 11) is -12.3. The van der Waals surface area contributed by atoms with Crippen molar-refractivity contribution in [3.63, 3.8) is 0 Å². The zero-order chi connectivity index (χ0) is 48.8. The number of aromatic nitrogens is 2. The molecule has 2 amide bonds. The number of anilines is 2. The maximum absolute atomic E-state index is 13.0. The van der Waals surface area contributed by atoms with E-state index in [0.717, 1.165) is 88.1 Å². The number of fused-ring (bicyclic) bond motifs is 2. The summed E-state index contributed by atoms with van der Waals surface area (Å²) >= 11 is 0. The Hall–Kier alpha value is -6.15. The topological polar surface area (TPSA) is 303 Å². The first-order valence-electron chi connectivity index (χ1n) is 22.7. The van der Waals surface area contributed by atoms with Crippen LogP contribution in [-0.4, -0.2) is 152 Å². The van der Waals surface area contributed by atoms with Gasteiger partial charge in [-0.15, -0.1) is 0 Å². The van der Waals surface area contributed by atoms with Crippen molar-refractivity contribution in [2.75, 3.05) is 74.9 Å². The molecule has 2 saturated heterocycles. The summed E-state index contributed by atoms with van der Waals surface area (Å²) in [4.78, 5) is 43.1. The average molecular weight is 1040 g/mol. The van der Waals surface area contributed by atoms with Crippen LogP contribution in [0.15, 0.2) is 131 Å². The summed E-state index contributed by atoms with van der Waals surface area (Å²) in [6.07, 6.45) is 8.51. The molecule has 6 aromatic rings. The Balaban J connectivity index is 0.000000207. The normalized spacial score (nSPS) is 16.5. The molecule has 2 aliphatic carbocycles. The van der Waals surface area contributed by atoms with Crippen LogP contribution in [-0.2, 0) is 30.4 Å². The predicted molar refractivity (Wildman–Crippen MR) is 270 cm³/mol. The van der Waals surface area contributed by atoms with Gasteiger partial charge in [0.05, 0.1) is 11.0 Å². The Morgan fingerprint density at radius 3 is 1.14 bits per heavy atom. The van der Waals surface area contributed by atoms with Crippen molar-refractivity contribution in [3.05, 3.63) is 133 Å². The zero-order valence-corrected chi connectivity index (χ0v) is 41.1. The summed E-state index contributed by atoms with van der Waals surface area (Å²) in [5, 5.41) is 1.52. The Labute approximate surface area is 413 Å². The number of amides is 2. The van der Waals surface area contributed by atoms with Crippen LogP contribution in [0.1, 0.15) is 46.4 Å². The minimum absolute atomic E-state index is 0. The molecule has 4 aromatic carbocycles. The first-order valence-corrected chi connectivity index (χ1v) is 27.0. The number of piperazine rings is 2. The third-order valence-corrected chi connectivity index (χ3v) is 15.1. The Morgan fingerprint density at radius 2 is 0.817 bits per heavy atom. The first kappa shape index (κ1) is 54.2. The molecule has 8 N–H and O–H groups in total. The molecule has 0 bridgehead atoms. The summed E-state index contributed by atoms with van der Waals surface area (Å²) in [5.74, 6) is 1.70. The van der Waals surface area contributed by atoms with E-state index in [1.165, 1.54) is 25.7 Å². The molecule has 0 atom stereocenters. The van der Waals surface area contributed by atoms with E-state index in [4.69, 9.17) is 17.5 Å². The van der Waals surface area contributed by atoms with Gasteiger partial charge in [0.25, 0.3) is 31.9 Å². The maximum Gasteiger partial charge on any atom is 0.394 e. The summed E-state index contributed by atoms with van der Waals surface area (Å²) in [6.45, 7) is 8.90. The van der Waals surface area contributed by atoms with Crippen LogP contribution in [0.5, 0.6) is 0 Å². The first-order chi connectivity index (χ1) is 33.0. The van der Waals surface area contributed by atoms with E-state index in [1.54, 1.807) is 97.3 Å². The van der Waals surface area contributed by atoms with Gasteiger partial charge in [0, 0.05) is 111 Å². The average Bonchev–Trinajstić information content (AvgIpc) is 4.30. The molecule has 2 saturated carbocycles. The number of pyridine rings is 2. The lowest BCUT2D eigenvalue weighted by molar-refractivity contribution is 0.0625. The number of para-hydroxylation sites is 2. The lowest BCUT2D eigenvalue weighted by atomic mass is 10.1. The molecular weight excluding hydrogens is 977 g/mol. The van der Waals surface area contributed by atoms with Crippen molar-refractivity contribution in [1.29, 1.82) is 0 Å². The van der Waals surface area contributed by atoms with Gasteiger partial charge in [-0.3, -0.25) is 47.9 Å². The van der Waals surface area contributed by atoms with Gasteiger partial charge in [0.15, 0.2) is 0 Å². The van der Waals surface area contributed by atoms with Crippen molar-refractivity contribution < 1.29 is 54.9 Å². The lowest BCUT2D eigenvalue weighted by Gasteiger charge is -2.34. The van der Waals surface area contributed by atoms with Gasteiger partial charge in [-0.05, 0) is 110 Å². The number of sulfonamides is 2. The van der Waals surface area contributed by atoms with Gasteiger partial charge in [-0.25, -0.2) is 16.8 Å². The highest BCUT2D eigenvalue weighted by Gasteiger charge is 2.30. The third kappa shape index (κ3) is 14.9. The largest absolute Gasteiger partial charge is 0.412 e. The molecule has 2 aliphatic heterocycles. The highest BCUT2D eigenvalue weighted by atomic mass is 32.3. The van der Waals surface area contributed by atoms with E-state index in [9.17, 15) is 26.4 Å². The number of hydrogen-bond acceptors (Lipinski definition) is 12. The molecule has 23 heteroatoms. The van der Waals surface area contributed by atoms with E-state index in [0.29, 0.717) is 33.5 Å². The van der Waals surface area contributed by atoms with E-state index < -0.39 is 30.4 Å². The van der Waals surface area contributed by atoms with Crippen molar-refractivity contribution in [3.8, 4) is 0 Å². The van der Waals surface area contributed by atoms with E-state index in [2.05, 4.69) is 29.2 Å². The molecule has 10 rings (SSSR count). The summed E-state index contributed by atoms with van der Waals surface area (Å²) in [6, 6.07) is 30.6. The maximum atomic E-state index is 13.0. The van der Waals surface area contributed by atoms with Gasteiger partial charge in [-0.1, -0.05) is 36.4 Å². The fourth-order valence-corrected chi connectivity index (χ4v) is 10.8. The molecule has 0 spiro atoms. The number of hydrogen-bond donors (Lipinski definition) is 4. The molecule has 71 heavy (non-hydrogen) atoms. The highest BCUT2D eigenvalue weighted by Crippen LogP contribution is 2.31. The fourth-order valence-electron chi connectivity index (χ4n) is 8.33. The SMILES string of the molecule is O.O.O=C(c1ccc(NS(=O)(=O)c2cccc3cccnc23)cc1)N1CCN(CC2CC2)CC1.O=C(c1ccc(NS(=O)(=O)c2cccc3cccnc23)cc1)N1CCN(CC2CC2)CC1.O=S(=O)(O)O. The number of rotatable bonds is 12. The van der Waals surface area contributed by atoms with Crippen molar-refractivity contribution in [2.45, 2.75) is 35.5 Å². The molecule has 2 aromatic heterocycles. The summed E-state index contributed by atoms with van der Waals surface area (Å²) < 4.78 is 88.6. The number of benzene rings is 4. The van der Waals surface area contributed by atoms with E-state index in [-0.39, 0.29) is 32.6 Å². The van der Waals surface area contributed by atoms with Crippen molar-refractivity contribution in [2.24, 2.45) is 11.8 Å². The summed E-state index contributed by atoms with van der Waals surface area (Å²) in [5.41, 5.74) is 2.79. The standard InChI is InChI=1S/2C24H26N4O3S.H2O4S.2H2O/c2*29-24(28-15-13-27(14-16-28)17-18-6-7-18)20-8-10-21(11-9-20)26-32(30,31)22-5-1-3-19-4-2-12-25-23(19)22;1-5(2,3)4;;/h2*1-5,8-12,18,26H,6-7,13-17H2;(H2,1,2,3,4);2*1H2. The molecule has 0 unspecified atom stereocenters. The molecule has 4 fully saturated rings. The highest BCUT2D eigenvalue weighted by molar-refractivity contribution is 7.93. The van der Waals surface area contributed by atoms with Crippen LogP contribution in [0.4, 0.5) is 11.4 Å². The lowest BCUT2D eigenvalue weighted by Crippen LogP contribution is -2.49. The molecule has 20 nitrogen and oxygen atoms in total. The fraction of sp³-hybridized carbons (Fsp3) is 0.333. The number of carbonyl (C=O) groups is 2. The zero-order valence-electron chi connectivity index (χ0n) is 38.7. The van der Waals surface area contributed by atoms with Gasteiger partial charge in [-0.2, -0.15) is 8.42 Å². The Kier molecular flexibility index (Phi) is 17.8. The van der Waals surface area contributed by atoms with Crippen LogP contribution in [0.25, 0.3) is 21.8 Å².